The molecule has 0 spiro atoms. The molecular weight excluding hydrogens is 181 g/mol. The van der Waals surface area contributed by atoms with Crippen LogP contribution in [0.5, 0.6) is 0 Å². The highest BCUT2D eigenvalue weighted by molar-refractivity contribution is 6.30. The molecule has 0 aromatic carbocycles. The lowest BCUT2D eigenvalue weighted by Crippen LogP contribution is -2.03. The van der Waals surface area contributed by atoms with Crippen molar-refractivity contribution in [3.63, 3.8) is 0 Å². The molecule has 1 aromatic heterocycles. The quantitative estimate of drug-likeness (QED) is 0.504. The highest BCUT2D eigenvalue weighted by Gasteiger charge is 2.23. The number of aromatic nitrogens is 2. The Balaban J connectivity index is 2.12. The average Bonchev–Trinajstić information content (AvgIpc) is 2.75. The van der Waals surface area contributed by atoms with Gasteiger partial charge in [0.1, 0.15) is 0 Å². The molecule has 1 saturated heterocycles. The maximum absolute atomic E-state index is 12.1. The van der Waals surface area contributed by atoms with Gasteiger partial charge in [-0.1, -0.05) is 0 Å². The zero-order valence-electron chi connectivity index (χ0n) is 6.69. The predicted octanol–water partition coefficient (Wildman–Crippen LogP) is 0.633. The molecule has 1 aromatic rings. The maximum atomic E-state index is 12.1. The van der Waals surface area contributed by atoms with Crippen molar-refractivity contribution in [3.05, 3.63) is 18.0 Å². The summed E-state index contributed by atoms with van der Waals surface area (Å²) in [6.45, 7) is -2.19. The van der Waals surface area contributed by atoms with Gasteiger partial charge in [0.2, 0.25) is 0 Å². The van der Waals surface area contributed by atoms with E-state index in [1.54, 1.807) is 0 Å². The van der Waals surface area contributed by atoms with E-state index in [1.807, 2.05) is 0 Å². The van der Waals surface area contributed by atoms with E-state index in [-0.39, 0.29) is 5.82 Å². The summed E-state index contributed by atoms with van der Waals surface area (Å²) in [5.41, 5.74) is 0.720. The Morgan fingerprint density at radius 2 is 2.54 bits per heavy atom. The second-order valence-electron chi connectivity index (χ2n) is 2.80. The van der Waals surface area contributed by atoms with Gasteiger partial charge in [0.05, 0.1) is 12.8 Å². The molecule has 0 saturated carbocycles. The molecule has 13 heavy (non-hydrogen) atoms. The van der Waals surface area contributed by atoms with Crippen LogP contribution >= 0.6 is 0 Å². The molecule has 2 heterocycles. The second kappa shape index (κ2) is 3.43. The molecule has 1 unspecified atom stereocenters. The Morgan fingerprint density at radius 1 is 1.69 bits per heavy atom. The van der Waals surface area contributed by atoms with Crippen LogP contribution in [0.25, 0.3) is 0 Å². The molecular formula is C6H7BF2N2O2. The van der Waals surface area contributed by atoms with Crippen molar-refractivity contribution in [1.29, 1.82) is 0 Å². The summed E-state index contributed by atoms with van der Waals surface area (Å²) in [5, 5.41) is 3.52. The summed E-state index contributed by atoms with van der Waals surface area (Å²) in [7, 11) is 0.398. The van der Waals surface area contributed by atoms with Gasteiger partial charge in [-0.2, -0.15) is 13.9 Å². The molecule has 7 heteroatoms. The van der Waals surface area contributed by atoms with Crippen LogP contribution in [-0.2, 0) is 9.69 Å². The van der Waals surface area contributed by atoms with Gasteiger partial charge in [0.25, 0.3) is 0 Å². The van der Waals surface area contributed by atoms with Gasteiger partial charge in [0.15, 0.2) is 0 Å². The van der Waals surface area contributed by atoms with E-state index < -0.39 is 6.55 Å². The van der Waals surface area contributed by atoms with E-state index in [4.69, 9.17) is 0 Å². The minimum atomic E-state index is -2.59. The smallest absolute Gasteiger partial charge is 0.309 e. The van der Waals surface area contributed by atoms with Crippen molar-refractivity contribution >= 4 is 7.48 Å². The Hall–Kier alpha value is -0.945. The lowest BCUT2D eigenvalue weighted by atomic mass is 9.78. The zero-order valence-corrected chi connectivity index (χ0v) is 6.69. The molecule has 4 nitrogen and oxygen atoms in total. The first kappa shape index (κ1) is 8.64. The molecule has 0 aliphatic carbocycles. The van der Waals surface area contributed by atoms with Crippen molar-refractivity contribution < 1.29 is 18.5 Å². The third-order valence-corrected chi connectivity index (χ3v) is 1.91. The third-order valence-electron chi connectivity index (χ3n) is 1.91. The first-order chi connectivity index (χ1) is 6.27. The molecule has 1 fully saturated rings. The summed E-state index contributed by atoms with van der Waals surface area (Å²) in [5.74, 6) is 0.0208. The minimum Gasteiger partial charge on any atom is -0.309 e. The van der Waals surface area contributed by atoms with Crippen LogP contribution in [0.4, 0.5) is 8.78 Å². The Labute approximate surface area is 73.6 Å². The van der Waals surface area contributed by atoms with Crippen molar-refractivity contribution in [2.24, 2.45) is 0 Å². The third kappa shape index (κ3) is 1.71. The molecule has 1 aliphatic heterocycles. The van der Waals surface area contributed by atoms with Gasteiger partial charge in [-0.3, -0.25) is 4.89 Å². The van der Waals surface area contributed by atoms with E-state index in [1.165, 1.54) is 12.4 Å². The van der Waals surface area contributed by atoms with E-state index in [0.29, 0.717) is 18.8 Å². The van der Waals surface area contributed by atoms with Gasteiger partial charge >= 0.3 is 14.0 Å². The maximum Gasteiger partial charge on any atom is 0.333 e. The number of nitrogens with zero attached hydrogens (tertiary/aromatic N) is 2. The van der Waals surface area contributed by atoms with Gasteiger partial charge < -0.3 is 4.81 Å². The number of halogens is 2. The highest BCUT2D eigenvalue weighted by atomic mass is 19.3. The van der Waals surface area contributed by atoms with Gasteiger partial charge in [-0.25, -0.2) is 4.68 Å². The van der Waals surface area contributed by atoms with Crippen molar-refractivity contribution in [1.82, 2.24) is 9.78 Å². The molecule has 0 bridgehead atoms. The van der Waals surface area contributed by atoms with Crippen LogP contribution in [0.3, 0.4) is 0 Å². The van der Waals surface area contributed by atoms with Crippen LogP contribution in [0.1, 0.15) is 17.9 Å². The normalized spacial score (nSPS) is 22.2. The zero-order chi connectivity index (χ0) is 9.26. The van der Waals surface area contributed by atoms with E-state index in [2.05, 4.69) is 14.8 Å². The fourth-order valence-electron chi connectivity index (χ4n) is 1.17. The van der Waals surface area contributed by atoms with E-state index in [9.17, 15) is 8.78 Å². The van der Waals surface area contributed by atoms with E-state index >= 15 is 0 Å². The van der Waals surface area contributed by atoms with Crippen molar-refractivity contribution in [2.75, 3.05) is 6.61 Å². The molecule has 0 radical (unpaired) electrons. The Kier molecular flexibility index (Phi) is 2.28. The molecule has 0 N–H and O–H groups in total. The summed E-state index contributed by atoms with van der Waals surface area (Å²) in [6.07, 6.45) is 2.72. The summed E-state index contributed by atoms with van der Waals surface area (Å²) < 4.78 is 24.8. The summed E-state index contributed by atoms with van der Waals surface area (Å²) in [4.78, 5) is 9.31. The van der Waals surface area contributed by atoms with Crippen LogP contribution in [0.2, 0.25) is 0 Å². The van der Waals surface area contributed by atoms with E-state index in [0.717, 1.165) is 5.56 Å². The predicted molar refractivity (Wildman–Crippen MR) is 40.4 cm³/mol. The van der Waals surface area contributed by atoms with Crippen LogP contribution in [0, 0.1) is 0 Å². The van der Waals surface area contributed by atoms with Gasteiger partial charge in [-0.15, -0.1) is 0 Å². The number of rotatable bonds is 2. The van der Waals surface area contributed by atoms with Crippen LogP contribution in [-0.4, -0.2) is 23.9 Å². The van der Waals surface area contributed by atoms with Gasteiger partial charge in [0, 0.05) is 12.0 Å². The lowest BCUT2D eigenvalue weighted by molar-refractivity contribution is -0.183. The number of hydrogen-bond acceptors (Lipinski definition) is 3. The molecule has 70 valence electrons. The molecule has 2 rings (SSSR count). The molecule has 1 aliphatic rings. The first-order valence-electron chi connectivity index (χ1n) is 3.84. The van der Waals surface area contributed by atoms with Crippen molar-refractivity contribution in [2.45, 2.75) is 12.4 Å². The highest BCUT2D eigenvalue weighted by Crippen LogP contribution is 2.20. The summed E-state index contributed by atoms with van der Waals surface area (Å²) >= 11 is 0. The molecule has 0 amide bonds. The van der Waals surface area contributed by atoms with Crippen LogP contribution in [0.15, 0.2) is 12.4 Å². The van der Waals surface area contributed by atoms with Crippen LogP contribution < -0.4 is 0 Å². The fourth-order valence-corrected chi connectivity index (χ4v) is 1.17. The topological polar surface area (TPSA) is 36.3 Å². The molecule has 1 atom stereocenters. The standard InChI is InChI=1S/C6H7BF2N2O2/c8-6(9)11-2-4(1-10-11)5-3-12-13-7-5/h1-2,5-7H,3H2. The Bertz CT molecular complexity index is 288. The lowest BCUT2D eigenvalue weighted by Gasteiger charge is -1.98. The average molecular weight is 188 g/mol. The number of hydrogen-bond donors (Lipinski definition) is 0. The summed E-state index contributed by atoms with van der Waals surface area (Å²) in [6, 6.07) is 0. The first-order valence-corrected chi connectivity index (χ1v) is 3.84. The fraction of sp³-hybridized carbons (Fsp3) is 0.500. The van der Waals surface area contributed by atoms with Crippen molar-refractivity contribution in [3.8, 4) is 0 Å². The number of alkyl halides is 2. The minimum absolute atomic E-state index is 0.0208. The SMILES string of the molecule is FC(F)n1cc(C2BOOC2)cn1. The Morgan fingerprint density at radius 3 is 3.08 bits per heavy atom. The second-order valence-corrected chi connectivity index (χ2v) is 2.80. The monoisotopic (exact) mass is 188 g/mol. The van der Waals surface area contributed by atoms with Gasteiger partial charge in [-0.05, 0) is 5.56 Å². The largest absolute Gasteiger partial charge is 0.333 e.